The summed E-state index contributed by atoms with van der Waals surface area (Å²) in [6.07, 6.45) is -6.66. The van der Waals surface area contributed by atoms with Crippen molar-refractivity contribution in [3.63, 3.8) is 0 Å². The van der Waals surface area contributed by atoms with Crippen molar-refractivity contribution in [3.8, 4) is 0 Å². The Hall–Kier alpha value is -2.27. The summed E-state index contributed by atoms with van der Waals surface area (Å²) in [5.74, 6) is -3.59. The second-order valence-corrected chi connectivity index (χ2v) is 6.95. The van der Waals surface area contributed by atoms with Crippen LogP contribution in [0.3, 0.4) is 0 Å². The van der Waals surface area contributed by atoms with Gasteiger partial charge in [0.25, 0.3) is 6.29 Å². The fourth-order valence-corrected chi connectivity index (χ4v) is 3.01. The number of aliphatic hydroxyl groups excluding tert-OH is 3. The maximum absolute atomic E-state index is 11.3. The van der Waals surface area contributed by atoms with Gasteiger partial charge in [-0.25, -0.2) is 4.79 Å². The molecule has 1 unspecified atom stereocenters. The van der Waals surface area contributed by atoms with E-state index in [0.717, 1.165) is 19.1 Å². The minimum atomic E-state index is -5.05. The number of carbonyl (C=O) groups excluding carboxylic acids is 1. The topological polar surface area (TPSA) is 218 Å². The molecule has 15 heteroatoms. The number of hydrogen-bond acceptors (Lipinski definition) is 11. The molecule has 2 heterocycles. The number of nitrogens with one attached hydrogen (secondary N) is 1. The lowest BCUT2D eigenvalue weighted by Gasteiger charge is -2.43. The van der Waals surface area contributed by atoms with Crippen molar-refractivity contribution >= 4 is 22.3 Å². The minimum absolute atomic E-state index is 0.641. The van der Waals surface area contributed by atoms with Crippen LogP contribution < -0.4 is 5.32 Å². The van der Waals surface area contributed by atoms with E-state index in [-0.39, 0.29) is 0 Å². The molecule has 164 valence electrons. The number of rotatable bonds is 7. The first-order chi connectivity index (χ1) is 13.4. The first-order valence-corrected chi connectivity index (χ1v) is 9.33. The number of amides is 1. The normalized spacial score (nSPS) is 32.4. The van der Waals surface area contributed by atoms with Gasteiger partial charge in [-0.1, -0.05) is 0 Å². The summed E-state index contributed by atoms with van der Waals surface area (Å²) in [7, 11) is -5.05. The average Bonchev–Trinajstić information content (AvgIpc) is 2.60. The molecule has 1 saturated heterocycles. The molecule has 0 spiro atoms. The smallest absolute Gasteiger partial charge is 0.446 e. The van der Waals surface area contributed by atoms with Gasteiger partial charge in [0.05, 0.1) is 6.61 Å². The number of allylic oxidation sites excluding steroid dienone is 2. The SMILES string of the molecule is CC(=O)N[C@H]1C(O)O[C@H](CO)[C@@H](O[C@@H]2OC(C(=O)O)=CC=C2OS(=O)(=O)O)[C@@H]1O. The first-order valence-electron chi connectivity index (χ1n) is 7.96. The van der Waals surface area contributed by atoms with Gasteiger partial charge in [0.15, 0.2) is 12.0 Å². The molecule has 0 aromatic rings. The highest BCUT2D eigenvalue weighted by Gasteiger charge is 2.48. The summed E-state index contributed by atoms with van der Waals surface area (Å²) in [5, 5.41) is 41.1. The summed E-state index contributed by atoms with van der Waals surface area (Å²) in [6.45, 7) is 0.306. The zero-order valence-electron chi connectivity index (χ0n) is 14.7. The zero-order chi connectivity index (χ0) is 21.9. The predicted molar refractivity (Wildman–Crippen MR) is 87.8 cm³/mol. The molecule has 0 aromatic heterocycles. The Labute approximate surface area is 163 Å². The molecule has 0 aromatic carbocycles. The molecular formula is C14H19NO13S. The Kier molecular flexibility index (Phi) is 7.17. The molecule has 14 nitrogen and oxygen atoms in total. The quantitative estimate of drug-likeness (QED) is 0.217. The van der Waals surface area contributed by atoms with E-state index in [1.165, 1.54) is 0 Å². The molecule has 2 rings (SSSR count). The van der Waals surface area contributed by atoms with E-state index >= 15 is 0 Å². The van der Waals surface area contributed by atoms with Crippen LogP contribution in [0, 0.1) is 0 Å². The van der Waals surface area contributed by atoms with E-state index < -0.39 is 77.3 Å². The van der Waals surface area contributed by atoms with Gasteiger partial charge in [0.1, 0.15) is 24.4 Å². The highest BCUT2D eigenvalue weighted by Crippen LogP contribution is 2.29. The van der Waals surface area contributed by atoms with E-state index in [9.17, 15) is 33.3 Å². The van der Waals surface area contributed by atoms with Crippen molar-refractivity contribution in [2.75, 3.05) is 6.61 Å². The van der Waals surface area contributed by atoms with Crippen LogP contribution in [0.4, 0.5) is 0 Å². The summed E-state index contributed by atoms with van der Waals surface area (Å²) in [6, 6.07) is -1.41. The van der Waals surface area contributed by atoms with Crippen LogP contribution in [0.15, 0.2) is 23.7 Å². The van der Waals surface area contributed by atoms with Gasteiger partial charge in [-0.05, 0) is 12.2 Å². The number of hydrogen-bond donors (Lipinski definition) is 6. The molecule has 2 aliphatic rings. The van der Waals surface area contributed by atoms with Crippen LogP contribution in [-0.2, 0) is 38.4 Å². The summed E-state index contributed by atoms with van der Waals surface area (Å²) >= 11 is 0. The van der Waals surface area contributed by atoms with Crippen LogP contribution >= 0.6 is 0 Å². The van der Waals surface area contributed by atoms with Gasteiger partial charge in [-0.2, -0.15) is 8.42 Å². The first kappa shape index (κ1) is 23.0. The number of aliphatic hydroxyl groups is 3. The van der Waals surface area contributed by atoms with Crippen molar-refractivity contribution in [2.45, 2.75) is 43.9 Å². The fourth-order valence-electron chi connectivity index (χ4n) is 2.64. The van der Waals surface area contributed by atoms with E-state index in [1.54, 1.807) is 0 Å². The van der Waals surface area contributed by atoms with Crippen molar-refractivity contribution < 1.29 is 61.4 Å². The largest absolute Gasteiger partial charge is 0.475 e. The number of carboxylic acid groups (broad SMARTS) is 1. The molecule has 2 aliphatic heterocycles. The van der Waals surface area contributed by atoms with Gasteiger partial charge in [0.2, 0.25) is 11.7 Å². The van der Waals surface area contributed by atoms with Crippen LogP contribution in [0.2, 0.25) is 0 Å². The maximum atomic E-state index is 11.3. The van der Waals surface area contributed by atoms with Crippen LogP contribution in [0.25, 0.3) is 0 Å². The lowest BCUT2D eigenvalue weighted by molar-refractivity contribution is -0.287. The molecule has 0 aliphatic carbocycles. The lowest BCUT2D eigenvalue weighted by Crippen LogP contribution is -2.65. The van der Waals surface area contributed by atoms with Crippen LogP contribution in [-0.4, -0.2) is 88.8 Å². The molecule has 6 N–H and O–H groups in total. The molecule has 1 amide bonds. The van der Waals surface area contributed by atoms with E-state index in [4.69, 9.17) is 23.9 Å². The van der Waals surface area contributed by atoms with Crippen molar-refractivity contribution in [1.82, 2.24) is 5.32 Å². The van der Waals surface area contributed by atoms with Gasteiger partial charge in [-0.15, -0.1) is 0 Å². The van der Waals surface area contributed by atoms with Gasteiger partial charge in [0, 0.05) is 6.92 Å². The van der Waals surface area contributed by atoms with Gasteiger partial charge in [-0.3, -0.25) is 9.35 Å². The van der Waals surface area contributed by atoms with Crippen molar-refractivity contribution in [3.05, 3.63) is 23.7 Å². The Balaban J connectivity index is 2.30. The molecule has 6 atom stereocenters. The Morgan fingerprint density at radius 1 is 1.28 bits per heavy atom. The summed E-state index contributed by atoms with van der Waals surface area (Å²) in [5.41, 5.74) is 0. The minimum Gasteiger partial charge on any atom is -0.475 e. The van der Waals surface area contributed by atoms with E-state index in [0.29, 0.717) is 0 Å². The Morgan fingerprint density at radius 3 is 2.45 bits per heavy atom. The van der Waals surface area contributed by atoms with Crippen molar-refractivity contribution in [1.29, 1.82) is 0 Å². The van der Waals surface area contributed by atoms with Crippen molar-refractivity contribution in [2.24, 2.45) is 0 Å². The highest BCUT2D eigenvalue weighted by atomic mass is 32.3. The van der Waals surface area contributed by atoms with Gasteiger partial charge >= 0.3 is 16.4 Å². The fraction of sp³-hybridized carbons (Fsp3) is 0.571. The molecule has 0 bridgehead atoms. The summed E-state index contributed by atoms with van der Waals surface area (Å²) in [4.78, 5) is 22.4. The average molecular weight is 441 g/mol. The third-order valence-electron chi connectivity index (χ3n) is 3.80. The zero-order valence-corrected chi connectivity index (χ0v) is 15.6. The predicted octanol–water partition coefficient (Wildman–Crippen LogP) is -3.03. The highest BCUT2D eigenvalue weighted by molar-refractivity contribution is 7.81. The lowest BCUT2D eigenvalue weighted by atomic mass is 9.96. The molecule has 0 saturated carbocycles. The third-order valence-corrected chi connectivity index (χ3v) is 4.20. The standard InChI is InChI=1S/C14H19NO13S/c1-5(17)15-9-10(18)11(8(4-16)25-13(9)21)27-14-7(28-29(22,23)24)3-2-6(26-14)12(19)20/h2-3,8-11,13-14,16,18,21H,4H2,1H3,(H,15,17)(H,19,20)(H,22,23,24)/t8-,9-,10-,11-,13?,14+/m1/s1. The molecule has 29 heavy (non-hydrogen) atoms. The second-order valence-electron chi connectivity index (χ2n) is 5.93. The Morgan fingerprint density at radius 2 is 1.93 bits per heavy atom. The number of carboxylic acids is 1. The number of ether oxygens (including phenoxy) is 3. The second kappa shape index (κ2) is 9.04. The molecule has 0 radical (unpaired) electrons. The van der Waals surface area contributed by atoms with Gasteiger partial charge < -0.3 is 44.1 Å². The third kappa shape index (κ3) is 5.86. The Bertz CT molecular complexity index is 806. The maximum Gasteiger partial charge on any atom is 0.446 e. The molecular weight excluding hydrogens is 422 g/mol. The summed E-state index contributed by atoms with van der Waals surface area (Å²) < 4.78 is 50.5. The number of aliphatic carboxylic acids is 1. The molecule has 1 fully saturated rings. The van der Waals surface area contributed by atoms with Crippen LogP contribution in [0.5, 0.6) is 0 Å². The number of carbonyl (C=O) groups is 2. The van der Waals surface area contributed by atoms with E-state index in [2.05, 4.69) is 9.50 Å². The monoisotopic (exact) mass is 441 g/mol. The van der Waals surface area contributed by atoms with Crippen LogP contribution in [0.1, 0.15) is 6.92 Å². The van der Waals surface area contributed by atoms with E-state index in [1.807, 2.05) is 0 Å².